The molecule has 2 rings (SSSR count). The third-order valence-corrected chi connectivity index (χ3v) is 2.88. The molecular weight excluding hydrogens is 238 g/mol. The van der Waals surface area contributed by atoms with E-state index in [0.717, 1.165) is 35.5 Å². The van der Waals surface area contributed by atoms with Crippen LogP contribution in [0.5, 0.6) is 11.6 Å². The van der Waals surface area contributed by atoms with E-state index in [0.29, 0.717) is 12.4 Å². The van der Waals surface area contributed by atoms with Crippen LogP contribution < -0.4 is 10.5 Å². The quantitative estimate of drug-likeness (QED) is 0.894. The number of aromatic nitrogens is 2. The highest BCUT2D eigenvalue weighted by Gasteiger charge is 2.09. The summed E-state index contributed by atoms with van der Waals surface area (Å²) in [6.45, 7) is 4.62. The highest BCUT2D eigenvalue weighted by Crippen LogP contribution is 2.26. The summed E-state index contributed by atoms with van der Waals surface area (Å²) in [5.74, 6) is 1.39. The molecule has 19 heavy (non-hydrogen) atoms. The van der Waals surface area contributed by atoms with Crippen molar-refractivity contribution < 1.29 is 4.74 Å². The van der Waals surface area contributed by atoms with E-state index in [1.807, 2.05) is 31.2 Å². The standard InChI is InChI=1S/C15H19N3O/c1-3-13-14(7-6-11(2)18-13)19-15-12(8-9-16)5-4-10-17-15/h4-7,10H,3,8-9,16H2,1-2H3. The first-order valence-electron chi connectivity index (χ1n) is 6.53. The smallest absolute Gasteiger partial charge is 0.222 e. The van der Waals surface area contributed by atoms with Crippen LogP contribution in [0.3, 0.4) is 0 Å². The number of nitrogens with two attached hydrogens (primary N) is 1. The van der Waals surface area contributed by atoms with E-state index in [1.54, 1.807) is 6.20 Å². The molecule has 0 saturated carbocycles. The summed E-state index contributed by atoms with van der Waals surface area (Å²) >= 11 is 0. The Morgan fingerprint density at radius 3 is 2.84 bits per heavy atom. The van der Waals surface area contributed by atoms with Crippen molar-refractivity contribution in [2.24, 2.45) is 5.73 Å². The molecule has 0 spiro atoms. The molecule has 2 heterocycles. The molecular formula is C15H19N3O. The Morgan fingerprint density at radius 1 is 1.26 bits per heavy atom. The van der Waals surface area contributed by atoms with Crippen molar-refractivity contribution in [3.63, 3.8) is 0 Å². The SMILES string of the molecule is CCc1nc(C)ccc1Oc1ncccc1CCN. The van der Waals surface area contributed by atoms with Crippen molar-refractivity contribution in [1.29, 1.82) is 0 Å². The number of rotatable bonds is 5. The average Bonchev–Trinajstić information content (AvgIpc) is 2.43. The van der Waals surface area contributed by atoms with Crippen LogP contribution in [0.2, 0.25) is 0 Å². The first-order valence-corrected chi connectivity index (χ1v) is 6.53. The highest BCUT2D eigenvalue weighted by atomic mass is 16.5. The number of ether oxygens (including phenoxy) is 1. The van der Waals surface area contributed by atoms with Gasteiger partial charge in [0.2, 0.25) is 5.88 Å². The largest absolute Gasteiger partial charge is 0.437 e. The molecule has 0 atom stereocenters. The Hall–Kier alpha value is -1.94. The molecule has 0 radical (unpaired) electrons. The molecule has 0 aliphatic heterocycles. The fourth-order valence-electron chi connectivity index (χ4n) is 1.91. The van der Waals surface area contributed by atoms with Crippen LogP contribution in [0, 0.1) is 6.92 Å². The molecule has 4 heteroatoms. The summed E-state index contributed by atoms with van der Waals surface area (Å²) in [6, 6.07) is 7.77. The van der Waals surface area contributed by atoms with Gasteiger partial charge in [0, 0.05) is 17.5 Å². The lowest BCUT2D eigenvalue weighted by molar-refractivity contribution is 0.447. The number of nitrogens with zero attached hydrogens (tertiary/aromatic N) is 2. The maximum atomic E-state index is 5.91. The lowest BCUT2D eigenvalue weighted by atomic mass is 10.2. The number of hydrogen-bond donors (Lipinski definition) is 1. The fourth-order valence-corrected chi connectivity index (χ4v) is 1.91. The Kier molecular flexibility index (Phi) is 4.47. The first-order chi connectivity index (χ1) is 9.24. The van der Waals surface area contributed by atoms with Crippen molar-refractivity contribution >= 4 is 0 Å². The summed E-state index contributed by atoms with van der Waals surface area (Å²) in [6.07, 6.45) is 3.31. The van der Waals surface area contributed by atoms with Gasteiger partial charge in [-0.1, -0.05) is 13.0 Å². The van der Waals surface area contributed by atoms with Gasteiger partial charge in [0.25, 0.3) is 0 Å². The van der Waals surface area contributed by atoms with Crippen LogP contribution in [0.4, 0.5) is 0 Å². The van der Waals surface area contributed by atoms with Crippen molar-refractivity contribution in [2.45, 2.75) is 26.7 Å². The summed E-state index contributed by atoms with van der Waals surface area (Å²) in [5.41, 5.74) is 8.57. The second-order valence-electron chi connectivity index (χ2n) is 4.36. The highest BCUT2D eigenvalue weighted by molar-refractivity contribution is 5.35. The average molecular weight is 257 g/mol. The van der Waals surface area contributed by atoms with E-state index < -0.39 is 0 Å². The van der Waals surface area contributed by atoms with E-state index in [1.165, 1.54) is 0 Å². The Bertz CT molecular complexity index is 555. The maximum Gasteiger partial charge on any atom is 0.222 e. The molecule has 4 nitrogen and oxygen atoms in total. The Labute approximate surface area is 113 Å². The molecule has 0 fully saturated rings. The first kappa shape index (κ1) is 13.5. The third-order valence-electron chi connectivity index (χ3n) is 2.88. The third kappa shape index (κ3) is 3.29. The lowest BCUT2D eigenvalue weighted by Crippen LogP contribution is -2.05. The van der Waals surface area contributed by atoms with E-state index in [9.17, 15) is 0 Å². The zero-order valence-electron chi connectivity index (χ0n) is 11.4. The van der Waals surface area contributed by atoms with Crippen LogP contribution in [0.15, 0.2) is 30.5 Å². The van der Waals surface area contributed by atoms with Gasteiger partial charge in [-0.25, -0.2) is 4.98 Å². The number of hydrogen-bond acceptors (Lipinski definition) is 4. The number of aryl methyl sites for hydroxylation is 2. The van der Waals surface area contributed by atoms with E-state index in [4.69, 9.17) is 10.5 Å². The van der Waals surface area contributed by atoms with Gasteiger partial charge in [0.1, 0.15) is 0 Å². The zero-order chi connectivity index (χ0) is 13.7. The molecule has 0 bridgehead atoms. The van der Waals surface area contributed by atoms with E-state index in [-0.39, 0.29) is 0 Å². The van der Waals surface area contributed by atoms with Crippen LogP contribution in [-0.4, -0.2) is 16.5 Å². The predicted octanol–water partition coefficient (Wildman–Crippen LogP) is 2.64. The van der Waals surface area contributed by atoms with Crippen LogP contribution in [0.25, 0.3) is 0 Å². The number of pyridine rings is 2. The normalized spacial score (nSPS) is 10.5. The zero-order valence-corrected chi connectivity index (χ0v) is 11.4. The Balaban J connectivity index is 2.30. The minimum absolute atomic E-state index is 0.578. The summed E-state index contributed by atoms with van der Waals surface area (Å²) in [7, 11) is 0. The molecule has 0 aliphatic carbocycles. The van der Waals surface area contributed by atoms with Crippen molar-refractivity contribution in [3.8, 4) is 11.6 Å². The van der Waals surface area contributed by atoms with Gasteiger partial charge in [-0.2, -0.15) is 0 Å². The molecule has 2 N–H and O–H groups in total. The molecule has 0 unspecified atom stereocenters. The summed E-state index contributed by atoms with van der Waals surface area (Å²) in [4.78, 5) is 8.77. The molecule has 0 amide bonds. The van der Waals surface area contributed by atoms with Gasteiger partial charge in [-0.3, -0.25) is 4.98 Å². The van der Waals surface area contributed by atoms with Gasteiger partial charge in [0.05, 0.1) is 5.69 Å². The van der Waals surface area contributed by atoms with Crippen LogP contribution >= 0.6 is 0 Å². The van der Waals surface area contributed by atoms with Crippen molar-refractivity contribution in [1.82, 2.24) is 9.97 Å². The van der Waals surface area contributed by atoms with E-state index in [2.05, 4.69) is 16.9 Å². The molecule has 2 aromatic rings. The Morgan fingerprint density at radius 2 is 2.11 bits per heavy atom. The van der Waals surface area contributed by atoms with Gasteiger partial charge >= 0.3 is 0 Å². The molecule has 0 aliphatic rings. The van der Waals surface area contributed by atoms with E-state index >= 15 is 0 Å². The van der Waals surface area contributed by atoms with Crippen molar-refractivity contribution in [2.75, 3.05) is 6.54 Å². The maximum absolute atomic E-state index is 5.91. The van der Waals surface area contributed by atoms with Gasteiger partial charge in [-0.15, -0.1) is 0 Å². The van der Waals surface area contributed by atoms with Gasteiger partial charge in [-0.05, 0) is 44.5 Å². The topological polar surface area (TPSA) is 61.0 Å². The summed E-state index contributed by atoms with van der Waals surface area (Å²) in [5, 5.41) is 0. The second kappa shape index (κ2) is 6.29. The predicted molar refractivity (Wildman–Crippen MR) is 75.4 cm³/mol. The second-order valence-corrected chi connectivity index (χ2v) is 4.36. The van der Waals surface area contributed by atoms with Gasteiger partial charge < -0.3 is 10.5 Å². The minimum atomic E-state index is 0.578. The minimum Gasteiger partial charge on any atom is -0.437 e. The lowest BCUT2D eigenvalue weighted by Gasteiger charge is -2.12. The molecule has 2 aromatic heterocycles. The molecule has 100 valence electrons. The van der Waals surface area contributed by atoms with Gasteiger partial charge in [0.15, 0.2) is 5.75 Å². The fraction of sp³-hybridized carbons (Fsp3) is 0.333. The van der Waals surface area contributed by atoms with Crippen LogP contribution in [0.1, 0.15) is 23.9 Å². The molecule has 0 saturated heterocycles. The molecule has 0 aromatic carbocycles. The van der Waals surface area contributed by atoms with Crippen molar-refractivity contribution in [3.05, 3.63) is 47.4 Å². The summed E-state index contributed by atoms with van der Waals surface area (Å²) < 4.78 is 5.91. The monoisotopic (exact) mass is 257 g/mol. The van der Waals surface area contributed by atoms with Crippen LogP contribution in [-0.2, 0) is 12.8 Å².